The molecule has 0 saturated carbocycles. The third-order valence-electron chi connectivity index (χ3n) is 4.45. The van der Waals surface area contributed by atoms with Crippen LogP contribution < -0.4 is 5.32 Å². The van der Waals surface area contributed by atoms with Gasteiger partial charge < -0.3 is 10.4 Å². The molecule has 2 aromatic rings. The fourth-order valence-electron chi connectivity index (χ4n) is 2.71. The van der Waals surface area contributed by atoms with Crippen molar-refractivity contribution in [3.8, 4) is 11.1 Å². The summed E-state index contributed by atoms with van der Waals surface area (Å²) < 4.78 is 0. The summed E-state index contributed by atoms with van der Waals surface area (Å²) in [6.45, 7) is 6.02. The smallest absolute Gasteiger partial charge is 0.230 e. The van der Waals surface area contributed by atoms with Gasteiger partial charge in [0, 0.05) is 12.6 Å². The molecule has 0 spiro atoms. The van der Waals surface area contributed by atoms with E-state index in [1.807, 2.05) is 51.1 Å². The molecule has 1 atom stereocenters. The lowest BCUT2D eigenvalue weighted by Gasteiger charge is -2.26. The molecule has 24 heavy (non-hydrogen) atoms. The number of rotatable bonds is 7. The van der Waals surface area contributed by atoms with Crippen molar-refractivity contribution < 1.29 is 9.90 Å². The molecule has 3 nitrogen and oxygen atoms in total. The monoisotopic (exact) mass is 325 g/mol. The standard InChI is InChI=1S/C21H27NO2/c1-16(8-7-15-23)22-20(24)21(2,3)19-13-11-18(12-14-19)17-9-5-4-6-10-17/h4-6,9-14,16,23H,7-8,15H2,1-3H3,(H,22,24). The van der Waals surface area contributed by atoms with E-state index in [1.165, 1.54) is 5.56 Å². The van der Waals surface area contributed by atoms with E-state index in [-0.39, 0.29) is 18.6 Å². The van der Waals surface area contributed by atoms with Crippen molar-refractivity contribution in [1.82, 2.24) is 5.32 Å². The number of nitrogens with one attached hydrogen (secondary N) is 1. The van der Waals surface area contributed by atoms with Crippen molar-refractivity contribution >= 4 is 5.91 Å². The van der Waals surface area contributed by atoms with Crippen molar-refractivity contribution in [1.29, 1.82) is 0 Å². The second kappa shape index (κ2) is 8.11. The van der Waals surface area contributed by atoms with Gasteiger partial charge in [-0.15, -0.1) is 0 Å². The van der Waals surface area contributed by atoms with Crippen molar-refractivity contribution in [2.45, 2.75) is 45.1 Å². The van der Waals surface area contributed by atoms with Crippen LogP contribution in [0, 0.1) is 0 Å². The van der Waals surface area contributed by atoms with Gasteiger partial charge in [-0.2, -0.15) is 0 Å². The Morgan fingerprint density at radius 1 is 1.04 bits per heavy atom. The highest BCUT2D eigenvalue weighted by atomic mass is 16.3. The first-order valence-electron chi connectivity index (χ1n) is 8.53. The molecule has 0 aliphatic rings. The number of amides is 1. The van der Waals surface area contributed by atoms with Gasteiger partial charge in [0.25, 0.3) is 0 Å². The van der Waals surface area contributed by atoms with Crippen molar-refractivity contribution in [2.24, 2.45) is 0 Å². The summed E-state index contributed by atoms with van der Waals surface area (Å²) >= 11 is 0. The van der Waals surface area contributed by atoms with Crippen LogP contribution in [-0.2, 0) is 10.2 Å². The Balaban J connectivity index is 2.10. The van der Waals surface area contributed by atoms with Crippen molar-refractivity contribution in [2.75, 3.05) is 6.61 Å². The number of carbonyl (C=O) groups is 1. The molecular weight excluding hydrogens is 298 g/mol. The zero-order valence-electron chi connectivity index (χ0n) is 14.8. The van der Waals surface area contributed by atoms with E-state index in [9.17, 15) is 4.79 Å². The molecule has 0 aliphatic carbocycles. The first kappa shape index (κ1) is 18.2. The number of aliphatic hydroxyl groups excluding tert-OH is 1. The molecule has 0 aromatic heterocycles. The second-order valence-corrected chi connectivity index (χ2v) is 6.81. The van der Waals surface area contributed by atoms with Crippen LogP contribution in [0.25, 0.3) is 11.1 Å². The molecule has 3 heteroatoms. The number of hydrogen-bond donors (Lipinski definition) is 2. The number of hydrogen-bond acceptors (Lipinski definition) is 2. The normalized spacial score (nSPS) is 12.7. The lowest BCUT2D eigenvalue weighted by Crippen LogP contribution is -2.44. The summed E-state index contributed by atoms with van der Waals surface area (Å²) in [5.41, 5.74) is 2.72. The summed E-state index contributed by atoms with van der Waals surface area (Å²) in [6.07, 6.45) is 1.49. The summed E-state index contributed by atoms with van der Waals surface area (Å²) in [6, 6.07) is 18.5. The largest absolute Gasteiger partial charge is 0.396 e. The quantitative estimate of drug-likeness (QED) is 0.811. The lowest BCUT2D eigenvalue weighted by atomic mass is 9.82. The molecule has 0 heterocycles. The molecule has 0 bridgehead atoms. The maximum Gasteiger partial charge on any atom is 0.230 e. The van der Waals surface area contributed by atoms with Crippen LogP contribution in [0.15, 0.2) is 54.6 Å². The zero-order valence-corrected chi connectivity index (χ0v) is 14.8. The Labute approximate surface area is 144 Å². The summed E-state index contributed by atoms with van der Waals surface area (Å²) in [5, 5.41) is 11.9. The van der Waals surface area contributed by atoms with E-state index in [0.717, 1.165) is 17.5 Å². The highest BCUT2D eigenvalue weighted by Gasteiger charge is 2.30. The molecular formula is C21H27NO2. The molecule has 0 fully saturated rings. The Morgan fingerprint density at radius 2 is 1.62 bits per heavy atom. The molecule has 2 N–H and O–H groups in total. The maximum atomic E-state index is 12.6. The number of carbonyl (C=O) groups excluding carboxylic acids is 1. The molecule has 1 unspecified atom stereocenters. The lowest BCUT2D eigenvalue weighted by molar-refractivity contribution is -0.126. The molecule has 1 amide bonds. The van der Waals surface area contributed by atoms with Crippen LogP contribution in [0.4, 0.5) is 0 Å². The van der Waals surface area contributed by atoms with E-state index in [4.69, 9.17) is 5.11 Å². The van der Waals surface area contributed by atoms with Crippen LogP contribution in [0.2, 0.25) is 0 Å². The van der Waals surface area contributed by atoms with Gasteiger partial charge in [-0.05, 0) is 50.3 Å². The zero-order chi connectivity index (χ0) is 17.6. The van der Waals surface area contributed by atoms with Crippen molar-refractivity contribution in [3.05, 3.63) is 60.2 Å². The number of aliphatic hydroxyl groups is 1. The molecule has 2 rings (SSSR count). The fourth-order valence-corrected chi connectivity index (χ4v) is 2.71. The van der Waals surface area contributed by atoms with Gasteiger partial charge >= 0.3 is 0 Å². The average Bonchev–Trinajstić information content (AvgIpc) is 2.60. The van der Waals surface area contributed by atoms with E-state index < -0.39 is 5.41 Å². The van der Waals surface area contributed by atoms with E-state index in [2.05, 4.69) is 29.6 Å². The van der Waals surface area contributed by atoms with Crippen LogP contribution in [0.3, 0.4) is 0 Å². The minimum Gasteiger partial charge on any atom is -0.396 e. The highest BCUT2D eigenvalue weighted by Crippen LogP contribution is 2.27. The summed E-state index contributed by atoms with van der Waals surface area (Å²) in [7, 11) is 0. The van der Waals surface area contributed by atoms with Gasteiger partial charge in [-0.1, -0.05) is 54.6 Å². The first-order chi connectivity index (χ1) is 11.4. The summed E-state index contributed by atoms with van der Waals surface area (Å²) in [4.78, 5) is 12.6. The topological polar surface area (TPSA) is 49.3 Å². The molecule has 128 valence electrons. The Bertz CT molecular complexity index is 647. The van der Waals surface area contributed by atoms with Crippen LogP contribution in [0.1, 0.15) is 39.2 Å². The predicted octanol–water partition coefficient (Wildman–Crippen LogP) is 3.91. The number of benzene rings is 2. The van der Waals surface area contributed by atoms with Crippen LogP contribution in [-0.4, -0.2) is 23.7 Å². The van der Waals surface area contributed by atoms with Gasteiger partial charge in [0.2, 0.25) is 5.91 Å². The van der Waals surface area contributed by atoms with Crippen molar-refractivity contribution in [3.63, 3.8) is 0 Å². The summed E-state index contributed by atoms with van der Waals surface area (Å²) in [5.74, 6) is 0.0143. The predicted molar refractivity (Wildman–Crippen MR) is 98.8 cm³/mol. The van der Waals surface area contributed by atoms with Gasteiger partial charge in [0.05, 0.1) is 5.41 Å². The minimum absolute atomic E-state index is 0.0143. The third-order valence-corrected chi connectivity index (χ3v) is 4.45. The molecule has 0 aliphatic heterocycles. The van der Waals surface area contributed by atoms with E-state index in [0.29, 0.717) is 6.42 Å². The maximum absolute atomic E-state index is 12.6. The average molecular weight is 325 g/mol. The van der Waals surface area contributed by atoms with Crippen LogP contribution in [0.5, 0.6) is 0 Å². The second-order valence-electron chi connectivity index (χ2n) is 6.81. The minimum atomic E-state index is -0.595. The van der Waals surface area contributed by atoms with E-state index in [1.54, 1.807) is 0 Å². The Hall–Kier alpha value is -2.13. The SMILES string of the molecule is CC(CCCO)NC(=O)C(C)(C)c1ccc(-c2ccccc2)cc1. The van der Waals surface area contributed by atoms with Crippen LogP contribution >= 0.6 is 0 Å². The Kier molecular flexibility index (Phi) is 6.16. The van der Waals surface area contributed by atoms with Gasteiger partial charge in [-0.3, -0.25) is 4.79 Å². The van der Waals surface area contributed by atoms with Gasteiger partial charge in [0.15, 0.2) is 0 Å². The fraction of sp³-hybridized carbons (Fsp3) is 0.381. The molecule has 0 radical (unpaired) electrons. The molecule has 0 saturated heterocycles. The Morgan fingerprint density at radius 3 is 2.21 bits per heavy atom. The first-order valence-corrected chi connectivity index (χ1v) is 8.53. The molecule has 2 aromatic carbocycles. The highest BCUT2D eigenvalue weighted by molar-refractivity contribution is 5.87. The van der Waals surface area contributed by atoms with E-state index >= 15 is 0 Å². The van der Waals surface area contributed by atoms with Gasteiger partial charge in [-0.25, -0.2) is 0 Å². The third kappa shape index (κ3) is 4.45. The van der Waals surface area contributed by atoms with Gasteiger partial charge in [0.1, 0.15) is 0 Å².